The Morgan fingerprint density at radius 3 is 3.00 bits per heavy atom. The fourth-order valence-electron chi connectivity index (χ4n) is 2.38. The Morgan fingerprint density at radius 1 is 1.36 bits per heavy atom. The number of esters is 1. The van der Waals surface area contributed by atoms with Crippen molar-refractivity contribution in [3.8, 4) is 5.75 Å². The maximum Gasteiger partial charge on any atom is 0.330 e. The van der Waals surface area contributed by atoms with Crippen LogP contribution in [0.5, 0.6) is 5.75 Å². The van der Waals surface area contributed by atoms with Gasteiger partial charge in [-0.15, -0.1) is 0 Å². The van der Waals surface area contributed by atoms with E-state index in [9.17, 15) is 4.79 Å². The van der Waals surface area contributed by atoms with Crippen LogP contribution in [0.1, 0.15) is 12.5 Å². The summed E-state index contributed by atoms with van der Waals surface area (Å²) in [5.41, 5.74) is 2.16. The molecule has 22 heavy (non-hydrogen) atoms. The number of hydrogen-bond acceptors (Lipinski definition) is 5. The molecule has 2 aromatic heterocycles. The van der Waals surface area contributed by atoms with Gasteiger partial charge in [0.2, 0.25) is 0 Å². The summed E-state index contributed by atoms with van der Waals surface area (Å²) >= 11 is 0. The molecule has 0 saturated carbocycles. The summed E-state index contributed by atoms with van der Waals surface area (Å²) in [6.45, 7) is 2.12. The number of carbonyl (C=O) groups is 1. The van der Waals surface area contributed by atoms with Crippen molar-refractivity contribution in [3.05, 3.63) is 42.2 Å². The van der Waals surface area contributed by atoms with Gasteiger partial charge in [-0.2, -0.15) is 0 Å². The van der Waals surface area contributed by atoms with Crippen LogP contribution in [0.4, 0.5) is 0 Å². The third kappa shape index (κ3) is 2.41. The molecule has 2 heterocycles. The summed E-state index contributed by atoms with van der Waals surface area (Å²) in [6.07, 6.45) is 6.49. The minimum Gasteiger partial charge on any atom is -0.493 e. The minimum atomic E-state index is -0.374. The molecule has 0 atom stereocenters. The summed E-state index contributed by atoms with van der Waals surface area (Å²) in [7, 11) is 1.59. The van der Waals surface area contributed by atoms with Gasteiger partial charge in [-0.1, -0.05) is 6.07 Å². The van der Waals surface area contributed by atoms with E-state index in [1.54, 1.807) is 32.5 Å². The number of ether oxygens (including phenoxy) is 2. The van der Waals surface area contributed by atoms with Crippen molar-refractivity contribution < 1.29 is 18.7 Å². The van der Waals surface area contributed by atoms with Crippen LogP contribution in [-0.2, 0) is 9.53 Å². The average Bonchev–Trinajstić information content (AvgIpc) is 2.92. The first-order valence-corrected chi connectivity index (χ1v) is 6.92. The topological polar surface area (TPSA) is 61.6 Å². The van der Waals surface area contributed by atoms with Crippen molar-refractivity contribution in [2.24, 2.45) is 0 Å². The van der Waals surface area contributed by atoms with Crippen molar-refractivity contribution in [1.29, 1.82) is 0 Å². The molecule has 3 rings (SSSR count). The zero-order chi connectivity index (χ0) is 15.5. The number of fused-ring (bicyclic) bond motifs is 3. The van der Waals surface area contributed by atoms with Crippen LogP contribution < -0.4 is 4.74 Å². The molecule has 0 aliphatic heterocycles. The summed E-state index contributed by atoms with van der Waals surface area (Å²) in [5.74, 6) is 0.264. The normalized spacial score (nSPS) is 11.4. The molecule has 0 fully saturated rings. The molecule has 0 amide bonds. The van der Waals surface area contributed by atoms with Gasteiger partial charge >= 0.3 is 5.97 Å². The first-order valence-electron chi connectivity index (χ1n) is 6.92. The van der Waals surface area contributed by atoms with Crippen LogP contribution in [0, 0.1) is 0 Å². The van der Waals surface area contributed by atoms with Gasteiger partial charge in [0.1, 0.15) is 0 Å². The van der Waals surface area contributed by atoms with Crippen molar-refractivity contribution >= 4 is 34.0 Å². The Morgan fingerprint density at radius 2 is 2.23 bits per heavy atom. The second kappa shape index (κ2) is 5.89. The van der Waals surface area contributed by atoms with Crippen molar-refractivity contribution in [3.63, 3.8) is 0 Å². The summed E-state index contributed by atoms with van der Waals surface area (Å²) in [5, 5.41) is 1.81. The highest BCUT2D eigenvalue weighted by molar-refractivity contribution is 6.11. The Bertz CT molecular complexity index is 864. The number of methoxy groups -OCH3 is 1. The smallest absolute Gasteiger partial charge is 0.330 e. The molecule has 0 unspecified atom stereocenters. The second-order valence-corrected chi connectivity index (χ2v) is 4.62. The van der Waals surface area contributed by atoms with E-state index in [0.717, 1.165) is 16.3 Å². The van der Waals surface area contributed by atoms with Crippen LogP contribution in [0.15, 0.2) is 41.1 Å². The van der Waals surface area contributed by atoms with E-state index in [0.29, 0.717) is 23.5 Å². The fraction of sp³-hybridized carbons (Fsp3) is 0.176. The van der Waals surface area contributed by atoms with E-state index in [1.807, 2.05) is 18.2 Å². The number of pyridine rings is 1. The Kier molecular flexibility index (Phi) is 3.78. The molecule has 0 N–H and O–H groups in total. The average molecular weight is 297 g/mol. The molecule has 5 nitrogen and oxygen atoms in total. The third-order valence-electron chi connectivity index (χ3n) is 3.33. The molecular formula is C17H15NO4. The van der Waals surface area contributed by atoms with Gasteiger partial charge in [0.15, 0.2) is 16.9 Å². The number of carbonyl (C=O) groups excluding carboxylic acids is 1. The molecule has 0 saturated heterocycles. The molecule has 112 valence electrons. The SMILES string of the molecule is CCOC(=O)C=Cc1ccc(OC)c2oc3cnccc3c12. The number of benzene rings is 1. The van der Waals surface area contributed by atoms with Gasteiger partial charge in [-0.3, -0.25) is 4.98 Å². The van der Waals surface area contributed by atoms with Crippen LogP contribution in [0.25, 0.3) is 28.0 Å². The molecule has 1 aromatic carbocycles. The standard InChI is InChI=1S/C17H15NO4/c1-3-21-15(19)7-5-11-4-6-13(20-2)17-16(11)12-8-9-18-10-14(12)22-17/h4-10H,3H2,1-2H3. The maximum atomic E-state index is 11.5. The van der Waals surface area contributed by atoms with Crippen LogP contribution in [0.2, 0.25) is 0 Å². The number of aromatic nitrogens is 1. The van der Waals surface area contributed by atoms with Gasteiger partial charge in [-0.05, 0) is 30.7 Å². The lowest BCUT2D eigenvalue weighted by Crippen LogP contribution is -1.98. The molecule has 0 radical (unpaired) electrons. The number of nitrogens with zero attached hydrogens (tertiary/aromatic N) is 1. The Labute approximate surface area is 127 Å². The molecule has 3 aromatic rings. The minimum absolute atomic E-state index is 0.349. The van der Waals surface area contributed by atoms with Gasteiger partial charge in [0.05, 0.1) is 19.9 Å². The molecule has 0 aliphatic carbocycles. The molecule has 0 bridgehead atoms. The van der Waals surface area contributed by atoms with Crippen molar-refractivity contribution in [2.75, 3.05) is 13.7 Å². The molecular weight excluding hydrogens is 282 g/mol. The Hall–Kier alpha value is -2.82. The van der Waals surface area contributed by atoms with Gasteiger partial charge < -0.3 is 13.9 Å². The second-order valence-electron chi connectivity index (χ2n) is 4.62. The molecule has 0 spiro atoms. The van der Waals surface area contributed by atoms with E-state index in [-0.39, 0.29) is 5.97 Å². The summed E-state index contributed by atoms with van der Waals surface area (Å²) < 4.78 is 16.1. The predicted molar refractivity (Wildman–Crippen MR) is 83.7 cm³/mol. The van der Waals surface area contributed by atoms with Crippen molar-refractivity contribution in [1.82, 2.24) is 4.98 Å². The van der Waals surface area contributed by atoms with E-state index >= 15 is 0 Å². The fourth-order valence-corrected chi connectivity index (χ4v) is 2.38. The van der Waals surface area contributed by atoms with E-state index in [1.165, 1.54) is 6.08 Å². The number of rotatable bonds is 4. The highest BCUT2D eigenvalue weighted by Crippen LogP contribution is 2.37. The highest BCUT2D eigenvalue weighted by atomic mass is 16.5. The van der Waals surface area contributed by atoms with Crippen LogP contribution in [0.3, 0.4) is 0 Å². The lowest BCUT2D eigenvalue weighted by molar-refractivity contribution is -0.137. The third-order valence-corrected chi connectivity index (χ3v) is 3.33. The summed E-state index contributed by atoms with van der Waals surface area (Å²) in [4.78, 5) is 15.6. The number of furan rings is 1. The lowest BCUT2D eigenvalue weighted by Gasteiger charge is -2.03. The molecule has 5 heteroatoms. The molecule has 0 aliphatic rings. The lowest BCUT2D eigenvalue weighted by atomic mass is 10.1. The van der Waals surface area contributed by atoms with E-state index < -0.39 is 0 Å². The highest BCUT2D eigenvalue weighted by Gasteiger charge is 2.14. The zero-order valence-corrected chi connectivity index (χ0v) is 12.3. The van der Waals surface area contributed by atoms with Gasteiger partial charge in [-0.25, -0.2) is 4.79 Å². The van der Waals surface area contributed by atoms with E-state index in [2.05, 4.69) is 4.98 Å². The first-order chi connectivity index (χ1) is 10.7. The zero-order valence-electron chi connectivity index (χ0n) is 12.3. The van der Waals surface area contributed by atoms with Crippen molar-refractivity contribution in [2.45, 2.75) is 6.92 Å². The first kappa shape index (κ1) is 14.1. The largest absolute Gasteiger partial charge is 0.493 e. The van der Waals surface area contributed by atoms with Crippen LogP contribution in [-0.4, -0.2) is 24.7 Å². The quantitative estimate of drug-likeness (QED) is 0.544. The van der Waals surface area contributed by atoms with Gasteiger partial charge in [0.25, 0.3) is 0 Å². The maximum absolute atomic E-state index is 11.5. The monoisotopic (exact) mass is 297 g/mol. The van der Waals surface area contributed by atoms with E-state index in [4.69, 9.17) is 13.9 Å². The Balaban J connectivity index is 2.20. The van der Waals surface area contributed by atoms with Crippen LogP contribution >= 0.6 is 0 Å². The number of hydrogen-bond donors (Lipinski definition) is 0. The summed E-state index contributed by atoms with van der Waals surface area (Å²) in [6, 6.07) is 5.57. The predicted octanol–water partition coefficient (Wildman–Crippen LogP) is 3.57. The van der Waals surface area contributed by atoms with Gasteiger partial charge in [0, 0.05) is 23.0 Å².